The first-order chi connectivity index (χ1) is 7.29. The lowest BCUT2D eigenvalue weighted by atomic mass is 10.0. The van der Waals surface area contributed by atoms with Gasteiger partial charge in [-0.05, 0) is 27.7 Å². The van der Waals surface area contributed by atoms with Gasteiger partial charge in [0.2, 0.25) is 11.8 Å². The third-order valence-corrected chi connectivity index (χ3v) is 2.40. The second-order valence-electron chi connectivity index (χ2n) is 5.32. The summed E-state index contributed by atoms with van der Waals surface area (Å²) in [6, 6.07) is -0.479. The molecule has 0 spiro atoms. The average molecular weight is 264 g/mol. The average Bonchev–Trinajstić information content (AvgIpc) is 1.96. The summed E-state index contributed by atoms with van der Waals surface area (Å²) >= 11 is 0. The molecule has 2 amide bonds. The predicted molar refractivity (Wildman–Crippen MR) is 69.1 cm³/mol. The Morgan fingerprint density at radius 1 is 1.29 bits per heavy atom. The monoisotopic (exact) mass is 263 g/mol. The van der Waals surface area contributed by atoms with Crippen LogP contribution in [0.15, 0.2) is 0 Å². The van der Waals surface area contributed by atoms with E-state index < -0.39 is 6.04 Å². The third-order valence-electron chi connectivity index (χ3n) is 2.40. The molecule has 1 unspecified atom stereocenters. The van der Waals surface area contributed by atoms with Crippen molar-refractivity contribution in [1.82, 2.24) is 16.0 Å². The highest BCUT2D eigenvalue weighted by atomic mass is 35.5. The lowest BCUT2D eigenvalue weighted by molar-refractivity contribution is -0.132. The molecule has 1 atom stereocenters. The molecule has 5 nitrogen and oxygen atoms in total. The van der Waals surface area contributed by atoms with Crippen LogP contribution in [0.4, 0.5) is 0 Å². The van der Waals surface area contributed by atoms with E-state index in [1.165, 1.54) is 0 Å². The highest BCUT2D eigenvalue weighted by Gasteiger charge is 2.28. The summed E-state index contributed by atoms with van der Waals surface area (Å²) in [5, 5.41) is 8.56. The first kappa shape index (κ1) is 16.2. The number of rotatable bonds is 3. The number of carbonyl (C=O) groups excluding carboxylic acids is 2. The van der Waals surface area contributed by atoms with E-state index in [1.54, 1.807) is 6.92 Å². The number of carbonyl (C=O) groups is 2. The van der Waals surface area contributed by atoms with Crippen molar-refractivity contribution in [2.24, 2.45) is 5.92 Å². The minimum atomic E-state index is -0.479. The van der Waals surface area contributed by atoms with Crippen molar-refractivity contribution in [3.8, 4) is 0 Å². The molecular formula is C11H22ClN3O2. The van der Waals surface area contributed by atoms with Crippen molar-refractivity contribution in [3.05, 3.63) is 0 Å². The van der Waals surface area contributed by atoms with E-state index in [4.69, 9.17) is 0 Å². The van der Waals surface area contributed by atoms with E-state index in [-0.39, 0.29) is 35.7 Å². The van der Waals surface area contributed by atoms with Crippen LogP contribution >= 0.6 is 12.4 Å². The first-order valence-corrected chi connectivity index (χ1v) is 5.63. The van der Waals surface area contributed by atoms with Crippen LogP contribution in [0.1, 0.15) is 27.7 Å². The van der Waals surface area contributed by atoms with Gasteiger partial charge in [0.15, 0.2) is 0 Å². The van der Waals surface area contributed by atoms with Gasteiger partial charge in [0.05, 0.1) is 5.92 Å². The summed E-state index contributed by atoms with van der Waals surface area (Å²) < 4.78 is 0. The Kier molecular flexibility index (Phi) is 5.92. The maximum atomic E-state index is 11.7. The Hall–Kier alpha value is -0.810. The SMILES string of the molecule is CC(NC(=O)C1CNC1)C(=O)NC(C)(C)C.Cl. The molecule has 0 aromatic carbocycles. The second-order valence-corrected chi connectivity index (χ2v) is 5.32. The third kappa shape index (κ3) is 5.37. The van der Waals surface area contributed by atoms with Crippen LogP contribution in [0.25, 0.3) is 0 Å². The lowest BCUT2D eigenvalue weighted by Crippen LogP contribution is -2.56. The van der Waals surface area contributed by atoms with Gasteiger partial charge in [-0.25, -0.2) is 0 Å². The van der Waals surface area contributed by atoms with E-state index in [2.05, 4.69) is 16.0 Å². The molecule has 1 aliphatic rings. The molecule has 1 fully saturated rings. The quantitative estimate of drug-likeness (QED) is 0.674. The lowest BCUT2D eigenvalue weighted by Gasteiger charge is -2.28. The van der Waals surface area contributed by atoms with Gasteiger partial charge in [0.1, 0.15) is 6.04 Å². The zero-order chi connectivity index (χ0) is 12.3. The Balaban J connectivity index is 0.00000256. The normalized spacial score (nSPS) is 17.4. The van der Waals surface area contributed by atoms with Gasteiger partial charge in [-0.3, -0.25) is 9.59 Å². The zero-order valence-electron chi connectivity index (χ0n) is 10.8. The number of hydrogen-bond donors (Lipinski definition) is 3. The van der Waals surface area contributed by atoms with Crippen molar-refractivity contribution in [2.75, 3.05) is 13.1 Å². The van der Waals surface area contributed by atoms with Gasteiger partial charge in [-0.2, -0.15) is 0 Å². The smallest absolute Gasteiger partial charge is 0.242 e. The molecular weight excluding hydrogens is 242 g/mol. The zero-order valence-corrected chi connectivity index (χ0v) is 11.6. The standard InChI is InChI=1S/C11H21N3O2.ClH/c1-7(9(15)14-11(2,3)4)13-10(16)8-5-12-6-8;/h7-8,12H,5-6H2,1-4H3,(H,13,16)(H,14,15);1H. The van der Waals surface area contributed by atoms with Crippen LogP contribution in [-0.4, -0.2) is 36.5 Å². The van der Waals surface area contributed by atoms with E-state index in [0.29, 0.717) is 13.1 Å². The fraction of sp³-hybridized carbons (Fsp3) is 0.818. The summed E-state index contributed by atoms with van der Waals surface area (Å²) in [6.45, 7) is 8.85. The van der Waals surface area contributed by atoms with Gasteiger partial charge >= 0.3 is 0 Å². The van der Waals surface area contributed by atoms with Gasteiger partial charge in [0.25, 0.3) is 0 Å². The molecule has 3 N–H and O–H groups in total. The predicted octanol–water partition coefficient (Wildman–Crippen LogP) is 0.0470. The number of hydrogen-bond acceptors (Lipinski definition) is 3. The largest absolute Gasteiger partial charge is 0.350 e. The topological polar surface area (TPSA) is 70.2 Å². The molecule has 17 heavy (non-hydrogen) atoms. The molecule has 1 rings (SSSR count). The molecule has 0 aromatic rings. The van der Waals surface area contributed by atoms with Gasteiger partial charge in [-0.1, -0.05) is 0 Å². The number of halogens is 1. The molecule has 1 aliphatic heterocycles. The molecule has 0 aliphatic carbocycles. The summed E-state index contributed by atoms with van der Waals surface area (Å²) in [5.41, 5.74) is -0.270. The molecule has 6 heteroatoms. The van der Waals surface area contributed by atoms with Gasteiger partial charge in [-0.15, -0.1) is 12.4 Å². The van der Waals surface area contributed by atoms with Gasteiger partial charge in [0, 0.05) is 18.6 Å². The summed E-state index contributed by atoms with van der Waals surface area (Å²) in [5.74, 6) is -0.173. The Morgan fingerprint density at radius 3 is 2.18 bits per heavy atom. The van der Waals surface area contributed by atoms with Crippen molar-refractivity contribution in [3.63, 3.8) is 0 Å². The van der Waals surface area contributed by atoms with Crippen LogP contribution in [0.5, 0.6) is 0 Å². The van der Waals surface area contributed by atoms with Crippen LogP contribution < -0.4 is 16.0 Å². The fourth-order valence-electron chi connectivity index (χ4n) is 1.35. The molecule has 1 heterocycles. The Morgan fingerprint density at radius 2 is 1.82 bits per heavy atom. The molecule has 0 bridgehead atoms. The summed E-state index contributed by atoms with van der Waals surface area (Å²) in [6.07, 6.45) is 0. The highest BCUT2D eigenvalue weighted by Crippen LogP contribution is 2.04. The van der Waals surface area contributed by atoms with Crippen molar-refractivity contribution < 1.29 is 9.59 Å². The van der Waals surface area contributed by atoms with Gasteiger partial charge < -0.3 is 16.0 Å². The van der Waals surface area contributed by atoms with Crippen molar-refractivity contribution in [2.45, 2.75) is 39.3 Å². The van der Waals surface area contributed by atoms with E-state index in [0.717, 1.165) is 0 Å². The van der Waals surface area contributed by atoms with E-state index in [1.807, 2.05) is 20.8 Å². The second kappa shape index (κ2) is 6.21. The minimum Gasteiger partial charge on any atom is -0.350 e. The molecule has 0 saturated carbocycles. The maximum Gasteiger partial charge on any atom is 0.242 e. The molecule has 100 valence electrons. The summed E-state index contributed by atoms with van der Waals surface area (Å²) in [7, 11) is 0. The van der Waals surface area contributed by atoms with Crippen LogP contribution in [0.2, 0.25) is 0 Å². The Labute approximate surface area is 109 Å². The first-order valence-electron chi connectivity index (χ1n) is 5.63. The maximum absolute atomic E-state index is 11.7. The van der Waals surface area contributed by atoms with Crippen LogP contribution in [0, 0.1) is 5.92 Å². The molecule has 0 aromatic heterocycles. The minimum absolute atomic E-state index is 0. The fourth-order valence-corrected chi connectivity index (χ4v) is 1.35. The van der Waals surface area contributed by atoms with Crippen LogP contribution in [-0.2, 0) is 9.59 Å². The summed E-state index contributed by atoms with van der Waals surface area (Å²) in [4.78, 5) is 23.3. The molecule has 0 radical (unpaired) electrons. The van der Waals surface area contributed by atoms with Crippen molar-refractivity contribution in [1.29, 1.82) is 0 Å². The number of amides is 2. The highest BCUT2D eigenvalue weighted by molar-refractivity contribution is 5.88. The van der Waals surface area contributed by atoms with Crippen molar-refractivity contribution >= 4 is 24.2 Å². The molecule has 1 saturated heterocycles. The Bertz CT molecular complexity index is 285. The number of nitrogens with one attached hydrogen (secondary N) is 3. The van der Waals surface area contributed by atoms with Crippen LogP contribution in [0.3, 0.4) is 0 Å². The van der Waals surface area contributed by atoms with E-state index in [9.17, 15) is 9.59 Å². The van der Waals surface area contributed by atoms with E-state index >= 15 is 0 Å².